The van der Waals surface area contributed by atoms with E-state index >= 15 is 0 Å². The summed E-state index contributed by atoms with van der Waals surface area (Å²) in [6.07, 6.45) is 5.82. The van der Waals surface area contributed by atoms with Gasteiger partial charge in [-0.05, 0) is 33.1 Å². The molecule has 17 heavy (non-hydrogen) atoms. The summed E-state index contributed by atoms with van der Waals surface area (Å²) < 4.78 is 0. The molecule has 0 heterocycles. The van der Waals surface area contributed by atoms with Crippen LogP contribution in [-0.4, -0.2) is 29.4 Å². The number of hydrogen-bond donors (Lipinski definition) is 1. The molecule has 0 saturated heterocycles. The van der Waals surface area contributed by atoms with E-state index in [2.05, 4.69) is 13.8 Å². The summed E-state index contributed by atoms with van der Waals surface area (Å²) in [5, 5.41) is 0. The van der Waals surface area contributed by atoms with Crippen LogP contribution in [0, 0.1) is 0 Å². The molecule has 3 heteroatoms. The second-order valence-electron chi connectivity index (χ2n) is 5.58. The molecule has 0 aromatic heterocycles. The lowest BCUT2D eigenvalue weighted by Crippen LogP contribution is -2.37. The average Bonchev–Trinajstić information content (AvgIpc) is 2.25. The van der Waals surface area contributed by atoms with E-state index in [0.29, 0.717) is 6.42 Å². The van der Waals surface area contributed by atoms with Crippen LogP contribution in [0.15, 0.2) is 0 Å². The number of amides is 1. The first kappa shape index (κ1) is 16.4. The second kappa shape index (κ2) is 8.51. The van der Waals surface area contributed by atoms with Crippen molar-refractivity contribution in [2.75, 3.05) is 13.1 Å². The molecule has 0 aliphatic carbocycles. The SMILES string of the molecule is CCCCN(CCCC)C(=O)CCC(C)(C)N. The molecule has 2 N–H and O–H groups in total. The predicted molar refractivity (Wildman–Crippen MR) is 73.9 cm³/mol. The Hall–Kier alpha value is -0.570. The van der Waals surface area contributed by atoms with Gasteiger partial charge in [-0.3, -0.25) is 4.79 Å². The van der Waals surface area contributed by atoms with E-state index < -0.39 is 0 Å². The second-order valence-corrected chi connectivity index (χ2v) is 5.58. The van der Waals surface area contributed by atoms with Gasteiger partial charge in [0.15, 0.2) is 0 Å². The van der Waals surface area contributed by atoms with Crippen molar-refractivity contribution in [1.82, 2.24) is 4.90 Å². The van der Waals surface area contributed by atoms with Crippen molar-refractivity contribution in [1.29, 1.82) is 0 Å². The van der Waals surface area contributed by atoms with E-state index in [-0.39, 0.29) is 11.4 Å². The Balaban J connectivity index is 4.11. The van der Waals surface area contributed by atoms with Gasteiger partial charge >= 0.3 is 0 Å². The molecule has 0 radical (unpaired) electrons. The molecule has 0 spiro atoms. The zero-order valence-electron chi connectivity index (χ0n) is 12.1. The molecule has 0 aliphatic heterocycles. The zero-order chi connectivity index (χ0) is 13.3. The average molecular weight is 242 g/mol. The molecule has 0 unspecified atom stereocenters. The normalized spacial score (nSPS) is 11.6. The highest BCUT2D eigenvalue weighted by Gasteiger charge is 2.17. The Labute approximate surface area is 107 Å². The van der Waals surface area contributed by atoms with Gasteiger partial charge in [0.05, 0.1) is 0 Å². The molecule has 3 nitrogen and oxygen atoms in total. The minimum Gasteiger partial charge on any atom is -0.343 e. The highest BCUT2D eigenvalue weighted by Crippen LogP contribution is 2.10. The molecular weight excluding hydrogens is 212 g/mol. The van der Waals surface area contributed by atoms with Gasteiger partial charge in [-0.1, -0.05) is 26.7 Å². The Morgan fingerprint density at radius 3 is 1.94 bits per heavy atom. The number of carbonyl (C=O) groups is 1. The molecule has 102 valence electrons. The fourth-order valence-corrected chi connectivity index (χ4v) is 1.65. The molecule has 1 amide bonds. The van der Waals surface area contributed by atoms with Crippen molar-refractivity contribution in [2.45, 2.75) is 71.8 Å². The monoisotopic (exact) mass is 242 g/mol. The maximum Gasteiger partial charge on any atom is 0.222 e. The van der Waals surface area contributed by atoms with Gasteiger partial charge in [-0.15, -0.1) is 0 Å². The maximum absolute atomic E-state index is 12.1. The standard InChI is InChI=1S/C14H30N2O/c1-5-7-11-16(12-8-6-2)13(17)9-10-14(3,4)15/h5-12,15H2,1-4H3. The third-order valence-corrected chi connectivity index (χ3v) is 2.90. The van der Waals surface area contributed by atoms with Crippen LogP contribution in [0.2, 0.25) is 0 Å². The molecule has 0 aromatic rings. The highest BCUT2D eigenvalue weighted by molar-refractivity contribution is 5.76. The van der Waals surface area contributed by atoms with E-state index in [0.717, 1.165) is 45.2 Å². The van der Waals surface area contributed by atoms with Crippen LogP contribution in [0.5, 0.6) is 0 Å². The lowest BCUT2D eigenvalue weighted by molar-refractivity contribution is -0.131. The van der Waals surface area contributed by atoms with E-state index in [1.54, 1.807) is 0 Å². The summed E-state index contributed by atoms with van der Waals surface area (Å²) >= 11 is 0. The Morgan fingerprint density at radius 1 is 1.12 bits per heavy atom. The quantitative estimate of drug-likeness (QED) is 0.675. The fraction of sp³-hybridized carbons (Fsp3) is 0.929. The van der Waals surface area contributed by atoms with Gasteiger partial charge in [0.25, 0.3) is 0 Å². The van der Waals surface area contributed by atoms with Crippen LogP contribution >= 0.6 is 0 Å². The first-order valence-electron chi connectivity index (χ1n) is 6.97. The molecule has 0 rings (SSSR count). The Morgan fingerprint density at radius 2 is 1.59 bits per heavy atom. The number of rotatable bonds is 9. The number of nitrogens with two attached hydrogens (primary N) is 1. The predicted octanol–water partition coefficient (Wildman–Crippen LogP) is 2.93. The van der Waals surface area contributed by atoms with Crippen LogP contribution in [-0.2, 0) is 4.79 Å². The van der Waals surface area contributed by atoms with Gasteiger partial charge in [0.1, 0.15) is 0 Å². The van der Waals surface area contributed by atoms with E-state index in [1.165, 1.54) is 0 Å². The first-order chi connectivity index (χ1) is 7.90. The van der Waals surface area contributed by atoms with E-state index in [4.69, 9.17) is 5.73 Å². The Bertz CT molecular complexity index is 201. The smallest absolute Gasteiger partial charge is 0.222 e. The fourth-order valence-electron chi connectivity index (χ4n) is 1.65. The van der Waals surface area contributed by atoms with E-state index in [9.17, 15) is 4.79 Å². The minimum absolute atomic E-state index is 0.239. The van der Waals surface area contributed by atoms with Crippen molar-refractivity contribution >= 4 is 5.91 Å². The topological polar surface area (TPSA) is 46.3 Å². The summed E-state index contributed by atoms with van der Waals surface area (Å²) in [5.41, 5.74) is 5.67. The van der Waals surface area contributed by atoms with Gasteiger partial charge in [-0.25, -0.2) is 0 Å². The molecule has 0 saturated carbocycles. The number of hydrogen-bond acceptors (Lipinski definition) is 2. The van der Waals surface area contributed by atoms with Crippen molar-refractivity contribution in [3.63, 3.8) is 0 Å². The summed E-state index contributed by atoms with van der Waals surface area (Å²) in [7, 11) is 0. The Kier molecular flexibility index (Phi) is 8.23. The summed E-state index contributed by atoms with van der Waals surface area (Å²) in [6, 6.07) is 0. The zero-order valence-corrected chi connectivity index (χ0v) is 12.1. The van der Waals surface area contributed by atoms with Gasteiger partial charge < -0.3 is 10.6 Å². The molecular formula is C14H30N2O. The van der Waals surface area contributed by atoms with Crippen molar-refractivity contribution in [3.05, 3.63) is 0 Å². The number of nitrogens with zero attached hydrogens (tertiary/aromatic N) is 1. The van der Waals surface area contributed by atoms with Gasteiger partial charge in [0, 0.05) is 25.0 Å². The van der Waals surface area contributed by atoms with Crippen LogP contribution in [0.1, 0.15) is 66.2 Å². The first-order valence-corrected chi connectivity index (χ1v) is 6.97. The lowest BCUT2D eigenvalue weighted by atomic mass is 9.99. The summed E-state index contributed by atoms with van der Waals surface area (Å²) in [4.78, 5) is 14.1. The van der Waals surface area contributed by atoms with Crippen LogP contribution in [0.4, 0.5) is 0 Å². The van der Waals surface area contributed by atoms with E-state index in [1.807, 2.05) is 18.7 Å². The van der Waals surface area contributed by atoms with Crippen molar-refractivity contribution in [2.24, 2.45) is 5.73 Å². The van der Waals surface area contributed by atoms with Gasteiger partial charge in [0.2, 0.25) is 5.91 Å². The third kappa shape index (κ3) is 9.16. The number of carbonyl (C=O) groups excluding carboxylic acids is 1. The molecule has 0 fully saturated rings. The van der Waals surface area contributed by atoms with Crippen LogP contribution in [0.3, 0.4) is 0 Å². The van der Waals surface area contributed by atoms with Crippen LogP contribution in [0.25, 0.3) is 0 Å². The van der Waals surface area contributed by atoms with Gasteiger partial charge in [-0.2, -0.15) is 0 Å². The molecule has 0 atom stereocenters. The summed E-state index contributed by atoms with van der Waals surface area (Å²) in [6.45, 7) is 10.1. The third-order valence-electron chi connectivity index (χ3n) is 2.90. The summed E-state index contributed by atoms with van der Waals surface area (Å²) in [5.74, 6) is 0.269. The van der Waals surface area contributed by atoms with Crippen LogP contribution < -0.4 is 5.73 Å². The molecule has 0 bridgehead atoms. The molecule has 0 aliphatic rings. The maximum atomic E-state index is 12.1. The largest absolute Gasteiger partial charge is 0.343 e. The number of unbranched alkanes of at least 4 members (excludes halogenated alkanes) is 2. The lowest BCUT2D eigenvalue weighted by Gasteiger charge is -2.25. The minimum atomic E-state index is -0.239. The molecule has 0 aromatic carbocycles. The van der Waals surface area contributed by atoms with Crippen molar-refractivity contribution in [3.8, 4) is 0 Å². The van der Waals surface area contributed by atoms with Crippen molar-refractivity contribution < 1.29 is 4.79 Å². The highest BCUT2D eigenvalue weighted by atomic mass is 16.2.